The molecule has 0 aliphatic rings. The van der Waals surface area contributed by atoms with E-state index in [9.17, 15) is 4.79 Å². The molecule has 0 aliphatic carbocycles. The zero-order valence-corrected chi connectivity index (χ0v) is 11.9. The summed E-state index contributed by atoms with van der Waals surface area (Å²) >= 11 is 0. The standard InChI is InChI=1S/C17H17NO2/c1-12-9-13(2)16(11-18-20-3)15(10-12)17(19)14-7-5-4-6-8-14/h4-11H,1-3H3/b18-11+. The van der Waals surface area contributed by atoms with E-state index in [2.05, 4.69) is 5.16 Å². The van der Waals surface area contributed by atoms with Gasteiger partial charge in [0.05, 0.1) is 6.21 Å². The minimum atomic E-state index is -0.00467. The van der Waals surface area contributed by atoms with Crippen LogP contribution in [0, 0.1) is 13.8 Å². The second kappa shape index (κ2) is 6.15. The van der Waals surface area contributed by atoms with E-state index in [4.69, 9.17) is 4.84 Å². The summed E-state index contributed by atoms with van der Waals surface area (Å²) < 4.78 is 0. The van der Waals surface area contributed by atoms with Crippen molar-refractivity contribution >= 4 is 12.0 Å². The Hall–Kier alpha value is -2.42. The van der Waals surface area contributed by atoms with E-state index in [1.54, 1.807) is 6.21 Å². The molecule has 0 atom stereocenters. The van der Waals surface area contributed by atoms with Crippen molar-refractivity contribution < 1.29 is 9.63 Å². The van der Waals surface area contributed by atoms with Crippen LogP contribution < -0.4 is 0 Å². The van der Waals surface area contributed by atoms with Crippen LogP contribution in [-0.2, 0) is 4.84 Å². The fraction of sp³-hybridized carbons (Fsp3) is 0.176. The topological polar surface area (TPSA) is 38.7 Å². The van der Waals surface area contributed by atoms with Gasteiger partial charge in [0.25, 0.3) is 0 Å². The second-order valence-electron chi connectivity index (χ2n) is 4.66. The fourth-order valence-corrected chi connectivity index (χ4v) is 2.19. The lowest BCUT2D eigenvalue weighted by atomic mass is 9.94. The maximum absolute atomic E-state index is 12.6. The molecule has 3 nitrogen and oxygen atoms in total. The van der Waals surface area contributed by atoms with Gasteiger partial charge in [0.1, 0.15) is 7.11 Å². The molecule has 0 aliphatic heterocycles. The van der Waals surface area contributed by atoms with Crippen molar-refractivity contribution in [2.24, 2.45) is 5.16 Å². The average molecular weight is 267 g/mol. The number of carbonyl (C=O) groups excluding carboxylic acids is 1. The van der Waals surface area contributed by atoms with E-state index in [0.717, 1.165) is 16.7 Å². The Balaban J connectivity index is 2.55. The van der Waals surface area contributed by atoms with Crippen LogP contribution in [0.3, 0.4) is 0 Å². The number of carbonyl (C=O) groups is 1. The van der Waals surface area contributed by atoms with Crippen LogP contribution >= 0.6 is 0 Å². The lowest BCUT2D eigenvalue weighted by Crippen LogP contribution is -2.07. The second-order valence-corrected chi connectivity index (χ2v) is 4.66. The van der Waals surface area contributed by atoms with Crippen molar-refractivity contribution in [2.45, 2.75) is 13.8 Å². The Morgan fingerprint density at radius 1 is 1.15 bits per heavy atom. The lowest BCUT2D eigenvalue weighted by Gasteiger charge is -2.10. The van der Waals surface area contributed by atoms with E-state index in [-0.39, 0.29) is 5.78 Å². The minimum Gasteiger partial charge on any atom is -0.399 e. The summed E-state index contributed by atoms with van der Waals surface area (Å²) in [6.07, 6.45) is 1.59. The molecule has 2 rings (SSSR count). The van der Waals surface area contributed by atoms with Gasteiger partial charge in [-0.1, -0.05) is 47.1 Å². The Kier molecular flexibility index (Phi) is 4.31. The predicted octanol–water partition coefficient (Wildman–Crippen LogP) is 3.51. The number of ketones is 1. The molecule has 0 bridgehead atoms. The number of aryl methyl sites for hydroxylation is 2. The van der Waals surface area contributed by atoms with Gasteiger partial charge in [-0.05, 0) is 25.5 Å². The van der Waals surface area contributed by atoms with Crippen LogP contribution in [0.2, 0.25) is 0 Å². The zero-order chi connectivity index (χ0) is 14.5. The minimum absolute atomic E-state index is 0.00467. The van der Waals surface area contributed by atoms with Gasteiger partial charge < -0.3 is 4.84 Å². The number of benzene rings is 2. The lowest BCUT2D eigenvalue weighted by molar-refractivity contribution is 0.103. The van der Waals surface area contributed by atoms with Crippen LogP contribution in [0.25, 0.3) is 0 Å². The van der Waals surface area contributed by atoms with Crippen molar-refractivity contribution in [3.63, 3.8) is 0 Å². The van der Waals surface area contributed by atoms with Crippen LogP contribution in [0.15, 0.2) is 47.6 Å². The van der Waals surface area contributed by atoms with Crippen molar-refractivity contribution in [1.82, 2.24) is 0 Å². The average Bonchev–Trinajstić information content (AvgIpc) is 2.46. The van der Waals surface area contributed by atoms with Gasteiger partial charge >= 0.3 is 0 Å². The third-order valence-electron chi connectivity index (χ3n) is 3.10. The number of oxime groups is 1. The number of hydrogen-bond acceptors (Lipinski definition) is 3. The predicted molar refractivity (Wildman–Crippen MR) is 80.4 cm³/mol. The molecule has 0 fully saturated rings. The molecule has 20 heavy (non-hydrogen) atoms. The van der Waals surface area contributed by atoms with E-state index >= 15 is 0 Å². The monoisotopic (exact) mass is 267 g/mol. The SMILES string of the molecule is CO/N=C/c1c(C)cc(C)cc1C(=O)c1ccccc1. The van der Waals surface area contributed by atoms with Crippen molar-refractivity contribution in [2.75, 3.05) is 7.11 Å². The van der Waals surface area contributed by atoms with Gasteiger partial charge in [0.2, 0.25) is 0 Å². The number of hydrogen-bond donors (Lipinski definition) is 0. The summed E-state index contributed by atoms with van der Waals surface area (Å²) in [5.41, 5.74) is 4.17. The third kappa shape index (κ3) is 2.94. The van der Waals surface area contributed by atoms with Crippen LogP contribution in [0.4, 0.5) is 0 Å². The van der Waals surface area contributed by atoms with Crippen LogP contribution in [-0.4, -0.2) is 19.1 Å². The largest absolute Gasteiger partial charge is 0.399 e. The van der Waals surface area contributed by atoms with E-state index < -0.39 is 0 Å². The normalized spacial score (nSPS) is 10.8. The highest BCUT2D eigenvalue weighted by molar-refractivity contribution is 6.13. The number of nitrogens with zero attached hydrogens (tertiary/aromatic N) is 1. The third-order valence-corrected chi connectivity index (χ3v) is 3.10. The number of rotatable bonds is 4. The Morgan fingerprint density at radius 2 is 1.85 bits per heavy atom. The summed E-state index contributed by atoms with van der Waals surface area (Å²) in [6.45, 7) is 3.94. The van der Waals surface area contributed by atoms with E-state index in [1.165, 1.54) is 7.11 Å². The first-order valence-corrected chi connectivity index (χ1v) is 6.41. The van der Waals surface area contributed by atoms with Gasteiger partial charge in [-0.2, -0.15) is 0 Å². The van der Waals surface area contributed by atoms with E-state index in [0.29, 0.717) is 11.1 Å². The highest BCUT2D eigenvalue weighted by Crippen LogP contribution is 2.19. The van der Waals surface area contributed by atoms with Gasteiger partial charge in [-0.25, -0.2) is 0 Å². The van der Waals surface area contributed by atoms with Gasteiger partial charge in [-0.15, -0.1) is 0 Å². The summed E-state index contributed by atoms with van der Waals surface area (Å²) in [5, 5.41) is 3.79. The molecule has 0 heterocycles. The van der Waals surface area contributed by atoms with Crippen LogP contribution in [0.5, 0.6) is 0 Å². The first-order valence-electron chi connectivity index (χ1n) is 6.41. The zero-order valence-electron chi connectivity index (χ0n) is 11.9. The van der Waals surface area contributed by atoms with Gasteiger partial charge in [0, 0.05) is 16.7 Å². The maximum Gasteiger partial charge on any atom is 0.193 e. The van der Waals surface area contributed by atoms with E-state index in [1.807, 2.05) is 56.3 Å². The van der Waals surface area contributed by atoms with Crippen molar-refractivity contribution in [1.29, 1.82) is 0 Å². The molecule has 0 unspecified atom stereocenters. The molecular formula is C17H17NO2. The molecule has 2 aromatic carbocycles. The maximum atomic E-state index is 12.6. The smallest absolute Gasteiger partial charge is 0.193 e. The summed E-state index contributed by atoms with van der Waals surface area (Å²) in [4.78, 5) is 17.4. The molecule has 102 valence electrons. The fourth-order valence-electron chi connectivity index (χ4n) is 2.19. The summed E-state index contributed by atoms with van der Waals surface area (Å²) in [7, 11) is 1.48. The molecule has 0 saturated carbocycles. The molecular weight excluding hydrogens is 250 g/mol. The van der Waals surface area contributed by atoms with Crippen molar-refractivity contribution in [3.8, 4) is 0 Å². The molecule has 0 spiro atoms. The quantitative estimate of drug-likeness (QED) is 0.483. The van der Waals surface area contributed by atoms with Crippen molar-refractivity contribution in [3.05, 3.63) is 70.3 Å². The molecule has 0 N–H and O–H groups in total. The first kappa shape index (κ1) is 14.0. The molecule has 0 amide bonds. The highest BCUT2D eigenvalue weighted by atomic mass is 16.6. The first-order chi connectivity index (χ1) is 9.63. The summed E-state index contributed by atoms with van der Waals surface area (Å²) in [5.74, 6) is -0.00467. The Labute approximate surface area is 118 Å². The Bertz CT molecular complexity index is 646. The molecule has 0 saturated heterocycles. The summed E-state index contributed by atoms with van der Waals surface area (Å²) in [6, 6.07) is 13.2. The molecule has 0 radical (unpaired) electrons. The highest BCUT2D eigenvalue weighted by Gasteiger charge is 2.15. The van der Waals surface area contributed by atoms with Gasteiger partial charge in [-0.3, -0.25) is 4.79 Å². The molecule has 0 aromatic heterocycles. The Morgan fingerprint density at radius 3 is 2.50 bits per heavy atom. The molecule has 2 aromatic rings. The van der Waals surface area contributed by atoms with Crippen LogP contribution in [0.1, 0.15) is 32.6 Å². The molecule has 3 heteroatoms. The van der Waals surface area contributed by atoms with Gasteiger partial charge in [0.15, 0.2) is 5.78 Å².